The fourth-order valence-electron chi connectivity index (χ4n) is 2.45. The Bertz CT molecular complexity index is 1100. The molecular weight excluding hydrogens is 318 g/mol. The summed E-state index contributed by atoms with van der Waals surface area (Å²) < 4.78 is 34.5. The molecule has 24 heavy (non-hydrogen) atoms. The van der Waals surface area contributed by atoms with Crippen molar-refractivity contribution in [2.75, 3.05) is 0 Å². The lowest BCUT2D eigenvalue weighted by atomic mass is 10.3. The van der Waals surface area contributed by atoms with E-state index in [1.807, 2.05) is 0 Å². The molecule has 0 aliphatic carbocycles. The molecule has 4 aromatic rings. The van der Waals surface area contributed by atoms with Crippen LogP contribution in [-0.2, 0) is 6.54 Å². The van der Waals surface area contributed by atoms with Gasteiger partial charge in [-0.25, -0.2) is 23.2 Å². The molecule has 0 bridgehead atoms. The van der Waals surface area contributed by atoms with Gasteiger partial charge in [-0.05, 0) is 30.3 Å². The van der Waals surface area contributed by atoms with Gasteiger partial charge in [0.2, 0.25) is 0 Å². The predicted octanol–water partition coefficient (Wildman–Crippen LogP) is 2.50. The maximum absolute atomic E-state index is 13.8. The van der Waals surface area contributed by atoms with E-state index in [0.29, 0.717) is 16.9 Å². The molecule has 0 aliphatic heterocycles. The minimum Gasteiger partial charge on any atom is -0.406 e. The predicted molar refractivity (Wildman–Crippen MR) is 80.9 cm³/mol. The zero-order chi connectivity index (χ0) is 16.7. The summed E-state index contributed by atoms with van der Waals surface area (Å²) in [6, 6.07) is 8.18. The molecule has 0 unspecified atom stereocenters. The Kier molecular flexibility index (Phi) is 3.23. The maximum Gasteiger partial charge on any atom is 0.421 e. The van der Waals surface area contributed by atoms with Gasteiger partial charge in [0.05, 0.1) is 12.2 Å². The number of pyridine rings is 1. The van der Waals surface area contributed by atoms with Crippen molar-refractivity contribution in [3.8, 4) is 5.69 Å². The normalized spacial score (nSPS) is 11.2. The Balaban J connectivity index is 1.70. The SMILES string of the molecule is O=c1oc2cccnc2n1Cc1ccn(-c2ccc(F)cc2F)n1. The summed E-state index contributed by atoms with van der Waals surface area (Å²) >= 11 is 0. The molecule has 0 N–H and O–H groups in total. The lowest BCUT2D eigenvalue weighted by molar-refractivity contribution is 0.515. The third-order valence-electron chi connectivity index (χ3n) is 3.55. The molecule has 0 saturated carbocycles. The van der Waals surface area contributed by atoms with Gasteiger partial charge in [-0.15, -0.1) is 0 Å². The van der Waals surface area contributed by atoms with Gasteiger partial charge >= 0.3 is 5.76 Å². The van der Waals surface area contributed by atoms with E-state index >= 15 is 0 Å². The molecule has 0 saturated heterocycles. The van der Waals surface area contributed by atoms with E-state index in [1.54, 1.807) is 24.4 Å². The molecule has 120 valence electrons. The van der Waals surface area contributed by atoms with Gasteiger partial charge in [0, 0.05) is 18.5 Å². The Morgan fingerprint density at radius 1 is 1.17 bits per heavy atom. The van der Waals surface area contributed by atoms with Crippen molar-refractivity contribution in [3.05, 3.63) is 76.7 Å². The highest BCUT2D eigenvalue weighted by molar-refractivity contribution is 5.67. The van der Waals surface area contributed by atoms with E-state index in [4.69, 9.17) is 4.42 Å². The monoisotopic (exact) mass is 328 g/mol. The first-order valence-electron chi connectivity index (χ1n) is 7.06. The number of nitrogens with zero attached hydrogens (tertiary/aromatic N) is 4. The fourth-order valence-corrected chi connectivity index (χ4v) is 2.45. The molecule has 0 spiro atoms. The van der Waals surface area contributed by atoms with Crippen molar-refractivity contribution >= 4 is 11.2 Å². The van der Waals surface area contributed by atoms with Crippen molar-refractivity contribution in [2.24, 2.45) is 0 Å². The Morgan fingerprint density at radius 3 is 2.88 bits per heavy atom. The van der Waals surface area contributed by atoms with Gasteiger partial charge in [0.1, 0.15) is 11.5 Å². The first-order valence-corrected chi connectivity index (χ1v) is 7.06. The second kappa shape index (κ2) is 5.41. The van der Waals surface area contributed by atoms with Gasteiger partial charge < -0.3 is 4.42 Å². The van der Waals surface area contributed by atoms with Gasteiger partial charge in [-0.3, -0.25) is 4.57 Å². The summed E-state index contributed by atoms with van der Waals surface area (Å²) in [6.45, 7) is 0.124. The minimum absolute atomic E-state index is 0.116. The van der Waals surface area contributed by atoms with Crippen molar-refractivity contribution in [2.45, 2.75) is 6.54 Å². The van der Waals surface area contributed by atoms with E-state index in [0.717, 1.165) is 12.1 Å². The molecule has 8 heteroatoms. The van der Waals surface area contributed by atoms with E-state index in [-0.39, 0.29) is 12.2 Å². The smallest absolute Gasteiger partial charge is 0.406 e. The van der Waals surface area contributed by atoms with Crippen molar-refractivity contribution in [1.29, 1.82) is 0 Å². The van der Waals surface area contributed by atoms with Gasteiger partial charge in [0.15, 0.2) is 17.0 Å². The quantitative estimate of drug-likeness (QED) is 0.579. The van der Waals surface area contributed by atoms with E-state index in [2.05, 4.69) is 10.1 Å². The summed E-state index contributed by atoms with van der Waals surface area (Å²) in [5, 5.41) is 4.22. The van der Waals surface area contributed by atoms with E-state index in [1.165, 1.54) is 21.5 Å². The Morgan fingerprint density at radius 2 is 2.04 bits per heavy atom. The lowest BCUT2D eigenvalue weighted by Gasteiger charge is -2.03. The number of rotatable bonds is 3. The maximum atomic E-state index is 13.8. The van der Waals surface area contributed by atoms with Crippen LogP contribution in [0.25, 0.3) is 16.9 Å². The molecule has 0 radical (unpaired) electrons. The van der Waals surface area contributed by atoms with Gasteiger partial charge in [0.25, 0.3) is 0 Å². The number of halogens is 2. The summed E-state index contributed by atoms with van der Waals surface area (Å²) in [5.41, 5.74) is 1.41. The van der Waals surface area contributed by atoms with Crippen LogP contribution in [0.5, 0.6) is 0 Å². The van der Waals surface area contributed by atoms with Gasteiger partial charge in [-0.2, -0.15) is 5.10 Å². The number of oxazole rings is 1. The fraction of sp³-hybridized carbons (Fsp3) is 0.0625. The number of aromatic nitrogens is 4. The highest BCUT2D eigenvalue weighted by atomic mass is 19.1. The van der Waals surface area contributed by atoms with Crippen LogP contribution in [-0.4, -0.2) is 19.3 Å². The Labute approximate surface area is 133 Å². The molecule has 0 fully saturated rings. The number of hydrogen-bond donors (Lipinski definition) is 0. The largest absolute Gasteiger partial charge is 0.421 e. The van der Waals surface area contributed by atoms with Crippen LogP contribution < -0.4 is 5.76 Å². The Hall–Kier alpha value is -3.29. The molecular formula is C16H10F2N4O2. The molecule has 4 rings (SSSR count). The van der Waals surface area contributed by atoms with Crippen LogP contribution in [0.15, 0.2) is 58.0 Å². The van der Waals surface area contributed by atoms with Gasteiger partial charge in [-0.1, -0.05) is 0 Å². The highest BCUT2D eigenvalue weighted by Crippen LogP contribution is 2.15. The topological polar surface area (TPSA) is 65.8 Å². The van der Waals surface area contributed by atoms with E-state index < -0.39 is 17.4 Å². The standard InChI is InChI=1S/C16H10F2N4O2/c17-10-3-4-13(12(18)8-10)22-7-5-11(20-22)9-21-15-14(24-16(21)23)2-1-6-19-15/h1-8H,9H2. The summed E-state index contributed by atoms with van der Waals surface area (Å²) in [5.74, 6) is -1.94. The second-order valence-corrected chi connectivity index (χ2v) is 5.13. The summed E-state index contributed by atoms with van der Waals surface area (Å²) in [6.07, 6.45) is 3.09. The lowest BCUT2D eigenvalue weighted by Crippen LogP contribution is -2.16. The van der Waals surface area contributed by atoms with Crippen molar-refractivity contribution in [1.82, 2.24) is 19.3 Å². The molecule has 0 amide bonds. The highest BCUT2D eigenvalue weighted by Gasteiger charge is 2.13. The molecule has 0 aliphatic rings. The molecule has 6 nitrogen and oxygen atoms in total. The second-order valence-electron chi connectivity index (χ2n) is 5.13. The average Bonchev–Trinajstić information content (AvgIpc) is 3.13. The minimum atomic E-state index is -0.725. The zero-order valence-electron chi connectivity index (χ0n) is 12.2. The average molecular weight is 328 g/mol. The first kappa shape index (κ1) is 14.3. The molecule has 0 atom stereocenters. The third kappa shape index (κ3) is 2.37. The van der Waals surface area contributed by atoms with Crippen LogP contribution in [0.1, 0.15) is 5.69 Å². The summed E-state index contributed by atoms with van der Waals surface area (Å²) in [7, 11) is 0. The first-order chi connectivity index (χ1) is 11.6. The summed E-state index contributed by atoms with van der Waals surface area (Å²) in [4.78, 5) is 16.1. The van der Waals surface area contributed by atoms with Crippen LogP contribution in [0.3, 0.4) is 0 Å². The zero-order valence-corrected chi connectivity index (χ0v) is 12.2. The molecule has 1 aromatic carbocycles. The van der Waals surface area contributed by atoms with Crippen LogP contribution in [0.2, 0.25) is 0 Å². The van der Waals surface area contributed by atoms with Crippen molar-refractivity contribution in [3.63, 3.8) is 0 Å². The van der Waals surface area contributed by atoms with Crippen LogP contribution >= 0.6 is 0 Å². The number of benzene rings is 1. The third-order valence-corrected chi connectivity index (χ3v) is 3.55. The van der Waals surface area contributed by atoms with Crippen LogP contribution in [0.4, 0.5) is 8.78 Å². The van der Waals surface area contributed by atoms with Crippen molar-refractivity contribution < 1.29 is 13.2 Å². The molecule has 3 heterocycles. The van der Waals surface area contributed by atoms with Crippen LogP contribution in [0, 0.1) is 11.6 Å². The van der Waals surface area contributed by atoms with E-state index in [9.17, 15) is 13.6 Å². The number of hydrogen-bond acceptors (Lipinski definition) is 4. The number of fused-ring (bicyclic) bond motifs is 1. The molecule has 3 aromatic heterocycles.